The van der Waals surface area contributed by atoms with Gasteiger partial charge in [-0.25, -0.2) is 4.98 Å². The third-order valence-corrected chi connectivity index (χ3v) is 4.18. The summed E-state index contributed by atoms with van der Waals surface area (Å²) in [6.07, 6.45) is 3.78. The van der Waals surface area contributed by atoms with Gasteiger partial charge in [-0.15, -0.1) is 0 Å². The van der Waals surface area contributed by atoms with Crippen molar-refractivity contribution in [2.24, 2.45) is 0 Å². The molecule has 0 spiro atoms. The van der Waals surface area contributed by atoms with Gasteiger partial charge in [-0.3, -0.25) is 0 Å². The quantitative estimate of drug-likeness (QED) is 0.722. The Bertz CT molecular complexity index is 836. The molecule has 1 saturated heterocycles. The minimum atomic E-state index is 0.206. The second-order valence-corrected chi connectivity index (χ2v) is 6.07. The first kappa shape index (κ1) is 15.6. The van der Waals surface area contributed by atoms with E-state index in [0.717, 1.165) is 31.7 Å². The molecule has 3 heterocycles. The molecule has 25 heavy (non-hydrogen) atoms. The molecular weight excluding hydrogens is 318 g/mol. The molecule has 2 aromatic heterocycles. The highest BCUT2D eigenvalue weighted by molar-refractivity contribution is 5.35. The Labute approximate surface area is 145 Å². The Morgan fingerprint density at radius 3 is 2.84 bits per heavy atom. The zero-order chi connectivity index (χ0) is 17.1. The molecule has 1 aromatic carbocycles. The lowest BCUT2D eigenvalue weighted by molar-refractivity contribution is 0.330. The summed E-state index contributed by atoms with van der Waals surface area (Å²) in [5.74, 6) is 3.52. The average molecular weight is 337 g/mol. The Hall–Kier alpha value is -2.96. The zero-order valence-electron chi connectivity index (χ0n) is 14.0. The highest BCUT2D eigenvalue weighted by Crippen LogP contribution is 2.28. The first-order valence-corrected chi connectivity index (χ1v) is 8.39. The molecule has 7 heteroatoms. The second-order valence-electron chi connectivity index (χ2n) is 6.07. The van der Waals surface area contributed by atoms with Crippen molar-refractivity contribution in [3.8, 4) is 11.6 Å². The van der Waals surface area contributed by atoms with Crippen LogP contribution >= 0.6 is 0 Å². The van der Waals surface area contributed by atoms with Gasteiger partial charge in [-0.1, -0.05) is 23.4 Å². The van der Waals surface area contributed by atoms with Crippen LogP contribution < -0.4 is 9.64 Å². The van der Waals surface area contributed by atoms with Crippen LogP contribution in [0.4, 0.5) is 5.95 Å². The number of benzene rings is 1. The number of hydrogen-bond donors (Lipinski definition) is 0. The van der Waals surface area contributed by atoms with Crippen molar-refractivity contribution in [1.29, 1.82) is 0 Å². The molecule has 0 bridgehead atoms. The summed E-state index contributed by atoms with van der Waals surface area (Å²) in [5.41, 5.74) is 0. The fraction of sp³-hybridized carbons (Fsp3) is 0.333. The molecule has 1 atom stereocenters. The van der Waals surface area contributed by atoms with E-state index in [9.17, 15) is 0 Å². The lowest BCUT2D eigenvalue weighted by Crippen LogP contribution is -2.35. The topological polar surface area (TPSA) is 77.2 Å². The van der Waals surface area contributed by atoms with Gasteiger partial charge in [0.1, 0.15) is 5.75 Å². The predicted octanol–water partition coefficient (Wildman–Crippen LogP) is 3.34. The first-order valence-electron chi connectivity index (χ1n) is 8.39. The Kier molecular flexibility index (Phi) is 4.28. The van der Waals surface area contributed by atoms with Gasteiger partial charge < -0.3 is 14.2 Å². The Morgan fingerprint density at radius 1 is 1.16 bits per heavy atom. The number of hydrogen-bond acceptors (Lipinski definition) is 7. The SMILES string of the molecule is Cc1noc([C@H]2CCCN(c3nccc(Oc4ccccc4)n3)C2)n1. The van der Waals surface area contributed by atoms with Crippen LogP contribution in [0.25, 0.3) is 0 Å². The Balaban J connectivity index is 1.50. The molecule has 0 aliphatic carbocycles. The van der Waals surface area contributed by atoms with Gasteiger partial charge in [0, 0.05) is 25.4 Å². The number of piperidine rings is 1. The highest BCUT2D eigenvalue weighted by Gasteiger charge is 2.27. The first-order chi connectivity index (χ1) is 12.3. The van der Waals surface area contributed by atoms with Crippen LogP contribution in [0.5, 0.6) is 11.6 Å². The van der Waals surface area contributed by atoms with Crippen LogP contribution in [0.15, 0.2) is 47.1 Å². The number of para-hydroxylation sites is 1. The molecule has 1 fully saturated rings. The van der Waals surface area contributed by atoms with Crippen LogP contribution in [0.3, 0.4) is 0 Å². The molecule has 1 aliphatic heterocycles. The van der Waals surface area contributed by atoms with Crippen LogP contribution in [0.2, 0.25) is 0 Å². The van der Waals surface area contributed by atoms with Crippen LogP contribution in [-0.2, 0) is 0 Å². The van der Waals surface area contributed by atoms with Crippen molar-refractivity contribution in [2.75, 3.05) is 18.0 Å². The van der Waals surface area contributed by atoms with Gasteiger partial charge >= 0.3 is 0 Å². The predicted molar refractivity (Wildman–Crippen MR) is 91.8 cm³/mol. The maximum Gasteiger partial charge on any atom is 0.231 e. The summed E-state index contributed by atoms with van der Waals surface area (Å²) < 4.78 is 11.1. The van der Waals surface area contributed by atoms with E-state index >= 15 is 0 Å². The fourth-order valence-corrected chi connectivity index (χ4v) is 2.99. The van der Waals surface area contributed by atoms with Gasteiger partial charge in [0.05, 0.1) is 5.92 Å². The summed E-state index contributed by atoms with van der Waals surface area (Å²) in [6, 6.07) is 11.4. The van der Waals surface area contributed by atoms with Crippen molar-refractivity contribution in [3.63, 3.8) is 0 Å². The van der Waals surface area contributed by atoms with E-state index in [4.69, 9.17) is 9.26 Å². The van der Waals surface area contributed by atoms with Crippen molar-refractivity contribution < 1.29 is 9.26 Å². The molecule has 0 unspecified atom stereocenters. The third kappa shape index (κ3) is 3.60. The van der Waals surface area contributed by atoms with Crippen LogP contribution in [0.1, 0.15) is 30.5 Å². The fourth-order valence-electron chi connectivity index (χ4n) is 2.99. The van der Waals surface area contributed by atoms with Crippen molar-refractivity contribution >= 4 is 5.95 Å². The van der Waals surface area contributed by atoms with E-state index < -0.39 is 0 Å². The van der Waals surface area contributed by atoms with Crippen molar-refractivity contribution in [2.45, 2.75) is 25.7 Å². The van der Waals surface area contributed by atoms with Gasteiger partial charge in [-0.2, -0.15) is 9.97 Å². The molecule has 4 rings (SSSR count). The molecule has 128 valence electrons. The third-order valence-electron chi connectivity index (χ3n) is 4.18. The summed E-state index contributed by atoms with van der Waals surface area (Å²) >= 11 is 0. The van der Waals surface area contributed by atoms with E-state index in [0.29, 0.717) is 23.5 Å². The smallest absolute Gasteiger partial charge is 0.231 e. The molecule has 3 aromatic rings. The number of ether oxygens (including phenoxy) is 1. The zero-order valence-corrected chi connectivity index (χ0v) is 14.0. The van der Waals surface area contributed by atoms with Gasteiger partial charge in [0.25, 0.3) is 0 Å². The minimum absolute atomic E-state index is 0.206. The largest absolute Gasteiger partial charge is 0.439 e. The van der Waals surface area contributed by atoms with Crippen molar-refractivity contribution in [1.82, 2.24) is 20.1 Å². The van der Waals surface area contributed by atoms with E-state index in [2.05, 4.69) is 25.0 Å². The minimum Gasteiger partial charge on any atom is -0.439 e. The van der Waals surface area contributed by atoms with E-state index in [1.165, 1.54) is 0 Å². The van der Waals surface area contributed by atoms with Crippen LogP contribution in [-0.4, -0.2) is 33.2 Å². The number of aromatic nitrogens is 4. The Morgan fingerprint density at radius 2 is 2.04 bits per heavy atom. The maximum atomic E-state index is 5.81. The molecule has 0 radical (unpaired) electrons. The molecule has 7 nitrogen and oxygen atoms in total. The second kappa shape index (κ2) is 6.88. The maximum absolute atomic E-state index is 5.81. The number of rotatable bonds is 4. The molecule has 0 N–H and O–H groups in total. The number of aryl methyl sites for hydroxylation is 1. The molecule has 1 aliphatic rings. The van der Waals surface area contributed by atoms with Gasteiger partial charge in [0.15, 0.2) is 5.82 Å². The summed E-state index contributed by atoms with van der Waals surface area (Å²) in [6.45, 7) is 3.50. The average Bonchev–Trinajstić information content (AvgIpc) is 3.09. The summed E-state index contributed by atoms with van der Waals surface area (Å²) in [5, 5.41) is 3.89. The van der Waals surface area contributed by atoms with E-state index in [1.807, 2.05) is 37.3 Å². The van der Waals surface area contributed by atoms with Gasteiger partial charge in [-0.05, 0) is 31.9 Å². The molecule has 0 saturated carbocycles. The van der Waals surface area contributed by atoms with Crippen molar-refractivity contribution in [3.05, 3.63) is 54.3 Å². The number of nitrogens with zero attached hydrogens (tertiary/aromatic N) is 5. The normalized spacial score (nSPS) is 17.5. The van der Waals surface area contributed by atoms with E-state index in [-0.39, 0.29) is 5.92 Å². The summed E-state index contributed by atoms with van der Waals surface area (Å²) in [4.78, 5) is 15.5. The summed E-state index contributed by atoms with van der Waals surface area (Å²) in [7, 11) is 0. The lowest BCUT2D eigenvalue weighted by Gasteiger charge is -2.30. The highest BCUT2D eigenvalue weighted by atomic mass is 16.5. The standard InChI is InChI=1S/C18H19N5O2/c1-13-20-17(25-22-13)14-6-5-11-23(12-14)18-19-10-9-16(21-18)24-15-7-3-2-4-8-15/h2-4,7-10,14H,5-6,11-12H2,1H3/t14-/m0/s1. The molecular formula is C18H19N5O2. The molecule has 0 amide bonds. The number of anilines is 1. The van der Waals surface area contributed by atoms with E-state index in [1.54, 1.807) is 12.3 Å². The monoisotopic (exact) mass is 337 g/mol. The van der Waals surface area contributed by atoms with Gasteiger partial charge in [0.2, 0.25) is 17.7 Å². The lowest BCUT2D eigenvalue weighted by atomic mass is 9.98. The van der Waals surface area contributed by atoms with Crippen LogP contribution in [0, 0.1) is 6.92 Å².